The molecule has 2 aliphatic rings. The predicted molar refractivity (Wildman–Crippen MR) is 114 cm³/mol. The van der Waals surface area contributed by atoms with Gasteiger partial charge in [0.2, 0.25) is 0 Å². The molecule has 1 N–H and O–H groups in total. The molecule has 1 aromatic rings. The summed E-state index contributed by atoms with van der Waals surface area (Å²) in [4.78, 5) is 8.15. The fourth-order valence-electron chi connectivity index (χ4n) is 3.08. The molecule has 1 aromatic carbocycles. The van der Waals surface area contributed by atoms with E-state index < -0.39 is 0 Å². The van der Waals surface area contributed by atoms with Gasteiger partial charge in [-0.1, -0.05) is 18.2 Å². The second kappa shape index (κ2) is 11.3. The van der Waals surface area contributed by atoms with Crippen molar-refractivity contribution in [3.8, 4) is 0 Å². The van der Waals surface area contributed by atoms with Crippen molar-refractivity contribution in [3.05, 3.63) is 30.3 Å². The lowest BCUT2D eigenvalue weighted by atomic mass is 10.2. The van der Waals surface area contributed by atoms with Crippen LogP contribution >= 0.6 is 35.7 Å². The fourth-order valence-corrected chi connectivity index (χ4v) is 4.13. The van der Waals surface area contributed by atoms with Gasteiger partial charge in [-0.05, 0) is 24.5 Å². The molecule has 2 fully saturated rings. The summed E-state index contributed by atoms with van der Waals surface area (Å²) >= 11 is 1.95. The molecule has 2 saturated heterocycles. The van der Waals surface area contributed by atoms with Crippen LogP contribution in [0.25, 0.3) is 0 Å². The summed E-state index contributed by atoms with van der Waals surface area (Å²) in [6.07, 6.45) is 1.35. The zero-order valence-electron chi connectivity index (χ0n) is 14.7. The Labute approximate surface area is 171 Å². The third-order valence-corrected chi connectivity index (χ3v) is 5.64. The van der Waals surface area contributed by atoms with Crippen molar-refractivity contribution in [2.24, 2.45) is 10.9 Å². The van der Waals surface area contributed by atoms with Crippen molar-refractivity contribution in [1.29, 1.82) is 0 Å². The van der Waals surface area contributed by atoms with Crippen molar-refractivity contribution in [1.82, 2.24) is 10.2 Å². The smallest absolute Gasteiger partial charge is 0.193 e. The molecule has 0 bridgehead atoms. The van der Waals surface area contributed by atoms with Crippen LogP contribution in [0.15, 0.2) is 40.2 Å². The Morgan fingerprint density at radius 1 is 1.32 bits per heavy atom. The first-order chi connectivity index (χ1) is 11.8. The second-order valence-electron chi connectivity index (χ2n) is 6.22. The minimum absolute atomic E-state index is 0. The molecule has 2 aliphatic heterocycles. The summed E-state index contributed by atoms with van der Waals surface area (Å²) in [7, 11) is 1.85. The molecule has 0 radical (unpaired) electrons. The molecule has 140 valence electrons. The molecule has 0 spiro atoms. The maximum atomic E-state index is 5.68. The Kier molecular flexibility index (Phi) is 9.36. The summed E-state index contributed by atoms with van der Waals surface area (Å²) in [5, 5.41) is 3.44. The molecule has 5 nitrogen and oxygen atoms in total. The highest BCUT2D eigenvalue weighted by molar-refractivity contribution is 14.0. The Bertz CT molecular complexity index is 526. The minimum atomic E-state index is 0. The molecule has 2 atom stereocenters. The summed E-state index contributed by atoms with van der Waals surface area (Å²) < 4.78 is 11.1. The number of aliphatic imine (C=N–C) groups is 1. The lowest BCUT2D eigenvalue weighted by Crippen LogP contribution is -2.46. The van der Waals surface area contributed by atoms with E-state index in [4.69, 9.17) is 9.47 Å². The number of hydrogen-bond acceptors (Lipinski definition) is 4. The monoisotopic (exact) mass is 477 g/mol. The van der Waals surface area contributed by atoms with Gasteiger partial charge in [0.05, 0.1) is 25.9 Å². The predicted octanol–water partition coefficient (Wildman–Crippen LogP) is 2.71. The molecule has 25 heavy (non-hydrogen) atoms. The lowest BCUT2D eigenvalue weighted by molar-refractivity contribution is -0.0851. The number of rotatable bonds is 5. The van der Waals surface area contributed by atoms with E-state index >= 15 is 0 Å². The van der Waals surface area contributed by atoms with Gasteiger partial charge in [0, 0.05) is 37.3 Å². The van der Waals surface area contributed by atoms with E-state index in [1.807, 2.05) is 18.8 Å². The van der Waals surface area contributed by atoms with Gasteiger partial charge in [-0.15, -0.1) is 35.7 Å². The molecule has 2 heterocycles. The number of thioether (sulfide) groups is 1. The van der Waals surface area contributed by atoms with E-state index in [9.17, 15) is 0 Å². The summed E-state index contributed by atoms with van der Waals surface area (Å²) in [6.45, 7) is 4.96. The van der Waals surface area contributed by atoms with Crippen LogP contribution in [0.4, 0.5) is 0 Å². The molecule has 0 aromatic heterocycles. The Morgan fingerprint density at radius 3 is 2.88 bits per heavy atom. The molecule has 0 saturated carbocycles. The van der Waals surface area contributed by atoms with E-state index in [0.29, 0.717) is 25.7 Å². The molecule has 7 heteroatoms. The van der Waals surface area contributed by atoms with Crippen molar-refractivity contribution >= 4 is 41.7 Å². The number of hydrogen-bond donors (Lipinski definition) is 1. The van der Waals surface area contributed by atoms with Crippen LogP contribution in [0.5, 0.6) is 0 Å². The van der Waals surface area contributed by atoms with E-state index in [1.54, 1.807) is 0 Å². The molecule has 0 amide bonds. The van der Waals surface area contributed by atoms with Crippen LogP contribution in [-0.4, -0.2) is 69.2 Å². The Hall–Kier alpha value is -0.510. The van der Waals surface area contributed by atoms with Crippen LogP contribution < -0.4 is 5.32 Å². The number of nitrogens with zero attached hydrogens (tertiary/aromatic N) is 2. The quantitative estimate of drug-likeness (QED) is 0.306. The van der Waals surface area contributed by atoms with Crippen LogP contribution in [-0.2, 0) is 9.47 Å². The van der Waals surface area contributed by atoms with Crippen LogP contribution in [0.2, 0.25) is 0 Å². The van der Waals surface area contributed by atoms with Crippen LogP contribution in [0.3, 0.4) is 0 Å². The standard InChI is InChI=1S/C18H27N3O2S.HI/c1-19-18(20-11-16-13-22-9-10-23-16)21-8-7-15(12-21)14-24-17-5-3-2-4-6-17;/h2-6,15-16H,7-14H2,1H3,(H,19,20);1H. The minimum Gasteiger partial charge on any atom is -0.376 e. The SMILES string of the molecule is CN=C(NCC1COCCO1)N1CCC(CSc2ccccc2)C1.I. The van der Waals surface area contributed by atoms with E-state index in [2.05, 4.69) is 45.5 Å². The van der Waals surface area contributed by atoms with Gasteiger partial charge in [0.25, 0.3) is 0 Å². The highest BCUT2D eigenvalue weighted by atomic mass is 127. The molecule has 2 unspecified atom stereocenters. The largest absolute Gasteiger partial charge is 0.376 e. The van der Waals surface area contributed by atoms with Crippen molar-refractivity contribution in [2.75, 3.05) is 52.3 Å². The average molecular weight is 477 g/mol. The van der Waals surface area contributed by atoms with E-state index in [0.717, 1.165) is 31.3 Å². The summed E-state index contributed by atoms with van der Waals surface area (Å²) in [6, 6.07) is 10.6. The number of nitrogens with one attached hydrogen (secondary N) is 1. The first kappa shape index (κ1) is 20.8. The third-order valence-electron chi connectivity index (χ3n) is 4.40. The molecular formula is C18H28IN3O2S. The Balaban J connectivity index is 0.00000225. The zero-order chi connectivity index (χ0) is 16.6. The average Bonchev–Trinajstić information content (AvgIpc) is 3.11. The highest BCUT2D eigenvalue weighted by Crippen LogP contribution is 2.25. The fraction of sp³-hybridized carbons (Fsp3) is 0.611. The number of halogens is 1. The maximum Gasteiger partial charge on any atom is 0.193 e. The third kappa shape index (κ3) is 6.62. The van der Waals surface area contributed by atoms with Gasteiger partial charge in [-0.3, -0.25) is 4.99 Å². The topological polar surface area (TPSA) is 46.1 Å². The lowest BCUT2D eigenvalue weighted by Gasteiger charge is -2.26. The van der Waals surface area contributed by atoms with Crippen LogP contribution in [0, 0.1) is 5.92 Å². The number of benzene rings is 1. The summed E-state index contributed by atoms with van der Waals surface area (Å²) in [5.41, 5.74) is 0. The van der Waals surface area contributed by atoms with Gasteiger partial charge >= 0.3 is 0 Å². The van der Waals surface area contributed by atoms with Gasteiger partial charge in [-0.25, -0.2) is 0 Å². The highest BCUT2D eigenvalue weighted by Gasteiger charge is 2.25. The normalized spacial score (nSPS) is 24.0. The molecular weight excluding hydrogens is 449 g/mol. The Morgan fingerprint density at radius 2 is 2.16 bits per heavy atom. The molecule has 0 aliphatic carbocycles. The number of guanidine groups is 1. The van der Waals surface area contributed by atoms with Crippen molar-refractivity contribution in [3.63, 3.8) is 0 Å². The van der Waals surface area contributed by atoms with Crippen molar-refractivity contribution < 1.29 is 9.47 Å². The number of ether oxygens (including phenoxy) is 2. The first-order valence-corrected chi connectivity index (χ1v) is 9.66. The van der Waals surface area contributed by atoms with Gasteiger partial charge < -0.3 is 19.7 Å². The summed E-state index contributed by atoms with van der Waals surface area (Å²) in [5.74, 6) is 2.86. The second-order valence-corrected chi connectivity index (χ2v) is 7.31. The van der Waals surface area contributed by atoms with E-state index in [1.165, 1.54) is 11.3 Å². The first-order valence-electron chi connectivity index (χ1n) is 8.68. The van der Waals surface area contributed by atoms with E-state index in [-0.39, 0.29) is 30.1 Å². The van der Waals surface area contributed by atoms with Crippen molar-refractivity contribution in [2.45, 2.75) is 17.4 Å². The van der Waals surface area contributed by atoms with Crippen LogP contribution in [0.1, 0.15) is 6.42 Å². The van der Waals surface area contributed by atoms with Gasteiger partial charge in [0.1, 0.15) is 0 Å². The number of likely N-dealkylation sites (tertiary alicyclic amines) is 1. The maximum absolute atomic E-state index is 5.68. The van der Waals surface area contributed by atoms with Gasteiger partial charge in [-0.2, -0.15) is 0 Å². The zero-order valence-corrected chi connectivity index (χ0v) is 17.9. The molecule has 3 rings (SSSR count). The van der Waals surface area contributed by atoms with Gasteiger partial charge in [0.15, 0.2) is 5.96 Å².